The number of hydrogen-bond acceptors (Lipinski definition) is 7. The van der Waals surface area contributed by atoms with Gasteiger partial charge in [-0.1, -0.05) is 18.2 Å². The molecule has 0 bridgehead atoms. The maximum Gasteiger partial charge on any atom is 0.426 e. The van der Waals surface area contributed by atoms with Crippen molar-refractivity contribution in [2.75, 3.05) is 24.7 Å². The number of nitrogens with two attached hydrogens (primary N) is 2. The van der Waals surface area contributed by atoms with Gasteiger partial charge in [-0.05, 0) is 97.8 Å². The highest BCUT2D eigenvalue weighted by Crippen LogP contribution is 2.32. The zero-order valence-electron chi connectivity index (χ0n) is 22.2. The third kappa shape index (κ3) is 9.95. The van der Waals surface area contributed by atoms with Gasteiger partial charge in [-0.15, -0.1) is 0 Å². The van der Waals surface area contributed by atoms with Gasteiger partial charge < -0.3 is 25.7 Å². The molecule has 0 aliphatic heterocycles. The normalized spacial score (nSPS) is 11.2. The molecule has 3 rings (SSSR count). The quantitative estimate of drug-likeness (QED) is 0.0944. The summed E-state index contributed by atoms with van der Waals surface area (Å²) in [4.78, 5) is 12.0. The Kier molecular flexibility index (Phi) is 11.3. The standard InChI is InChI=1S/C31H33F2N3O4/c32-31(33,25-11-16-27(17-12-25)38-20-5-3-19-34)40-28-14-7-23(8-15-28)9-18-30(37)39-21-4-1-2-6-24-10-13-26(35)22-29(24)36/h7-18,22H,1-6,20-21,35-36H2/b18-9+. The number of carbonyl (C=O) groups is 1. The fourth-order valence-corrected chi connectivity index (χ4v) is 3.76. The second kappa shape index (κ2) is 15.1. The summed E-state index contributed by atoms with van der Waals surface area (Å²) in [7, 11) is 0. The SMILES string of the molecule is N#CCCCOc1ccc(C(F)(F)Oc2ccc(/C=C/C(=O)OCCCCCc3ccc(N)cc3N)cc2)cc1. The van der Waals surface area contributed by atoms with Crippen molar-refractivity contribution in [1.82, 2.24) is 0 Å². The van der Waals surface area contributed by atoms with E-state index in [0.29, 0.717) is 48.7 Å². The fourth-order valence-electron chi connectivity index (χ4n) is 3.76. The van der Waals surface area contributed by atoms with Crippen molar-refractivity contribution in [1.29, 1.82) is 5.26 Å². The number of nitrogen functional groups attached to an aromatic ring is 2. The molecule has 0 aromatic heterocycles. The molecule has 0 atom stereocenters. The average Bonchev–Trinajstić information content (AvgIpc) is 2.93. The molecule has 7 nitrogen and oxygen atoms in total. The van der Waals surface area contributed by atoms with E-state index in [1.54, 1.807) is 24.3 Å². The first-order valence-electron chi connectivity index (χ1n) is 13.0. The number of unbranched alkanes of at least 4 members (excludes halogenated alkanes) is 3. The molecule has 0 saturated heterocycles. The second-order valence-corrected chi connectivity index (χ2v) is 9.09. The smallest absolute Gasteiger partial charge is 0.426 e. The van der Waals surface area contributed by atoms with E-state index in [1.807, 2.05) is 18.2 Å². The monoisotopic (exact) mass is 549 g/mol. The molecule has 4 N–H and O–H groups in total. The first-order chi connectivity index (χ1) is 19.3. The third-order valence-electron chi connectivity index (χ3n) is 5.93. The molecule has 0 amide bonds. The summed E-state index contributed by atoms with van der Waals surface area (Å²) < 4.78 is 44.8. The lowest BCUT2D eigenvalue weighted by Gasteiger charge is -2.18. The van der Waals surface area contributed by atoms with Crippen LogP contribution in [0.4, 0.5) is 20.2 Å². The molecule has 3 aromatic rings. The van der Waals surface area contributed by atoms with Crippen molar-refractivity contribution in [3.05, 3.63) is 89.5 Å². The number of esters is 1. The summed E-state index contributed by atoms with van der Waals surface area (Å²) in [6.45, 7) is 0.636. The first-order valence-corrected chi connectivity index (χ1v) is 13.0. The minimum atomic E-state index is -3.55. The van der Waals surface area contributed by atoms with E-state index in [4.69, 9.17) is 30.9 Å². The van der Waals surface area contributed by atoms with E-state index >= 15 is 0 Å². The Hall–Kier alpha value is -4.58. The van der Waals surface area contributed by atoms with Crippen LogP contribution in [0.25, 0.3) is 6.08 Å². The number of nitriles is 1. The van der Waals surface area contributed by atoms with Crippen LogP contribution in [-0.2, 0) is 22.1 Å². The van der Waals surface area contributed by atoms with Crippen LogP contribution in [0.15, 0.2) is 72.8 Å². The maximum atomic E-state index is 14.6. The summed E-state index contributed by atoms with van der Waals surface area (Å²) in [5, 5.41) is 8.53. The minimum absolute atomic E-state index is 0.0257. The van der Waals surface area contributed by atoms with Crippen LogP contribution in [0.3, 0.4) is 0 Å². The molecule has 0 aliphatic rings. The molecular weight excluding hydrogens is 516 g/mol. The van der Waals surface area contributed by atoms with Gasteiger partial charge >= 0.3 is 12.1 Å². The number of anilines is 2. The summed E-state index contributed by atoms with van der Waals surface area (Å²) in [5.74, 6) is -0.0680. The lowest BCUT2D eigenvalue weighted by atomic mass is 10.0. The molecule has 0 heterocycles. The van der Waals surface area contributed by atoms with E-state index in [0.717, 1.165) is 31.2 Å². The number of rotatable bonds is 15. The Labute approximate surface area is 233 Å². The number of benzene rings is 3. The zero-order valence-corrected chi connectivity index (χ0v) is 22.2. The van der Waals surface area contributed by atoms with Gasteiger partial charge in [0.1, 0.15) is 11.5 Å². The summed E-state index contributed by atoms with van der Waals surface area (Å²) >= 11 is 0. The number of ether oxygens (including phenoxy) is 3. The van der Waals surface area contributed by atoms with Crippen LogP contribution in [0.5, 0.6) is 11.5 Å². The zero-order chi connectivity index (χ0) is 28.8. The van der Waals surface area contributed by atoms with Gasteiger partial charge in [-0.3, -0.25) is 0 Å². The van der Waals surface area contributed by atoms with Gasteiger partial charge in [0.05, 0.1) is 24.8 Å². The van der Waals surface area contributed by atoms with Crippen molar-refractivity contribution in [3.63, 3.8) is 0 Å². The highest BCUT2D eigenvalue weighted by atomic mass is 19.3. The topological polar surface area (TPSA) is 121 Å². The minimum Gasteiger partial charge on any atom is -0.494 e. The second-order valence-electron chi connectivity index (χ2n) is 9.09. The van der Waals surface area contributed by atoms with E-state index in [1.165, 1.54) is 42.5 Å². The Balaban J connectivity index is 1.38. The Morgan fingerprint density at radius 3 is 2.33 bits per heavy atom. The lowest BCUT2D eigenvalue weighted by molar-refractivity contribution is -0.185. The van der Waals surface area contributed by atoms with Crippen LogP contribution in [0.1, 0.15) is 48.8 Å². The number of hydrogen-bond donors (Lipinski definition) is 2. The van der Waals surface area contributed by atoms with Gasteiger partial charge in [-0.2, -0.15) is 14.0 Å². The molecule has 9 heteroatoms. The van der Waals surface area contributed by atoms with Crippen LogP contribution in [0.2, 0.25) is 0 Å². The molecule has 0 radical (unpaired) electrons. The molecule has 0 fully saturated rings. The van der Waals surface area contributed by atoms with Gasteiger partial charge in [0, 0.05) is 23.9 Å². The van der Waals surface area contributed by atoms with Crippen molar-refractivity contribution >= 4 is 23.4 Å². The van der Waals surface area contributed by atoms with Crippen molar-refractivity contribution in [3.8, 4) is 17.6 Å². The molecule has 0 aliphatic carbocycles. The van der Waals surface area contributed by atoms with Crippen LogP contribution in [0, 0.1) is 11.3 Å². The van der Waals surface area contributed by atoms with Gasteiger partial charge in [-0.25, -0.2) is 4.79 Å². The third-order valence-corrected chi connectivity index (χ3v) is 5.93. The van der Waals surface area contributed by atoms with Crippen molar-refractivity contribution in [2.24, 2.45) is 0 Å². The number of carbonyl (C=O) groups excluding carboxylic acids is 1. The number of nitrogens with zero attached hydrogens (tertiary/aromatic N) is 1. The largest absolute Gasteiger partial charge is 0.494 e. The molecule has 210 valence electrons. The van der Waals surface area contributed by atoms with Crippen molar-refractivity contribution < 1.29 is 27.8 Å². The number of aryl methyl sites for hydroxylation is 1. The van der Waals surface area contributed by atoms with E-state index < -0.39 is 12.1 Å². The van der Waals surface area contributed by atoms with Crippen LogP contribution < -0.4 is 20.9 Å². The Morgan fingerprint density at radius 1 is 0.900 bits per heavy atom. The van der Waals surface area contributed by atoms with Gasteiger partial charge in [0.25, 0.3) is 0 Å². The maximum absolute atomic E-state index is 14.6. The predicted molar refractivity (Wildman–Crippen MR) is 151 cm³/mol. The summed E-state index contributed by atoms with van der Waals surface area (Å²) in [5.41, 5.74) is 14.4. The lowest BCUT2D eigenvalue weighted by Crippen LogP contribution is -2.21. The molecule has 0 unspecified atom stereocenters. The van der Waals surface area contributed by atoms with Crippen molar-refractivity contribution in [2.45, 2.75) is 44.6 Å². The number of halogens is 2. The molecule has 0 saturated carbocycles. The van der Waals surface area contributed by atoms with Crippen LogP contribution in [-0.4, -0.2) is 19.2 Å². The van der Waals surface area contributed by atoms with Crippen LogP contribution >= 0.6 is 0 Å². The van der Waals surface area contributed by atoms with E-state index in [9.17, 15) is 13.6 Å². The molecule has 0 spiro atoms. The molecule has 40 heavy (non-hydrogen) atoms. The highest BCUT2D eigenvalue weighted by Gasteiger charge is 2.34. The van der Waals surface area contributed by atoms with Gasteiger partial charge in [0.15, 0.2) is 0 Å². The first kappa shape index (κ1) is 30.0. The predicted octanol–water partition coefficient (Wildman–Crippen LogP) is 6.63. The van der Waals surface area contributed by atoms with Gasteiger partial charge in [0.2, 0.25) is 0 Å². The van der Waals surface area contributed by atoms with E-state index in [-0.39, 0.29) is 11.3 Å². The fraction of sp³-hybridized carbons (Fsp3) is 0.290. The highest BCUT2D eigenvalue weighted by molar-refractivity contribution is 5.87. The Bertz CT molecular complexity index is 1300. The summed E-state index contributed by atoms with van der Waals surface area (Å²) in [6.07, 6.45) is 3.58. The summed E-state index contributed by atoms with van der Waals surface area (Å²) in [6, 6.07) is 18.8. The van der Waals surface area contributed by atoms with E-state index in [2.05, 4.69) is 0 Å². The Morgan fingerprint density at radius 2 is 1.62 bits per heavy atom. The molecule has 3 aromatic carbocycles. The number of alkyl halides is 2. The molecular formula is C31H33F2N3O4. The average molecular weight is 550 g/mol.